The molecular formula is C23H23Cl2N5O2. The standard InChI is InChI=1S/C23H23Cl2N5O2/c1-16-3-8-20(19(25)15-16)26-23(32)29-12-2-11-28(13-14-29)21-9-10-22(31)30(27-21)18-6-4-17(24)5-7-18/h3-10,15H,2,11-14H2,1H3,(H,26,32). The van der Waals surface area contributed by atoms with Crippen molar-refractivity contribution in [3.63, 3.8) is 0 Å². The Balaban J connectivity index is 1.46. The zero-order chi connectivity index (χ0) is 22.7. The molecule has 9 heteroatoms. The number of urea groups is 1. The Kier molecular flexibility index (Phi) is 6.67. The van der Waals surface area contributed by atoms with Gasteiger partial charge in [-0.2, -0.15) is 4.68 Å². The molecule has 1 aromatic heterocycles. The van der Waals surface area contributed by atoms with E-state index in [-0.39, 0.29) is 11.6 Å². The van der Waals surface area contributed by atoms with Crippen molar-refractivity contribution in [3.8, 4) is 5.69 Å². The van der Waals surface area contributed by atoms with E-state index in [2.05, 4.69) is 15.3 Å². The minimum Gasteiger partial charge on any atom is -0.353 e. The number of hydrogen-bond acceptors (Lipinski definition) is 4. The monoisotopic (exact) mass is 471 g/mol. The second kappa shape index (κ2) is 9.63. The summed E-state index contributed by atoms with van der Waals surface area (Å²) in [6.07, 6.45) is 0.775. The Morgan fingerprint density at radius 2 is 1.75 bits per heavy atom. The number of carbonyl (C=O) groups is 1. The first-order chi connectivity index (χ1) is 15.4. The lowest BCUT2D eigenvalue weighted by Gasteiger charge is -2.23. The molecule has 1 fully saturated rings. The molecule has 0 aliphatic carbocycles. The highest BCUT2D eigenvalue weighted by molar-refractivity contribution is 6.33. The van der Waals surface area contributed by atoms with Crippen LogP contribution in [0.5, 0.6) is 0 Å². The van der Waals surface area contributed by atoms with Crippen LogP contribution >= 0.6 is 23.2 Å². The highest BCUT2D eigenvalue weighted by Crippen LogP contribution is 2.23. The average Bonchev–Trinajstić information content (AvgIpc) is 3.03. The number of anilines is 2. The summed E-state index contributed by atoms with van der Waals surface area (Å²) in [4.78, 5) is 29.0. The molecule has 1 aliphatic heterocycles. The van der Waals surface area contributed by atoms with Gasteiger partial charge >= 0.3 is 6.03 Å². The molecule has 3 aromatic rings. The lowest BCUT2D eigenvalue weighted by atomic mass is 10.2. The van der Waals surface area contributed by atoms with Crippen molar-refractivity contribution in [1.82, 2.24) is 14.7 Å². The quantitative estimate of drug-likeness (QED) is 0.606. The maximum Gasteiger partial charge on any atom is 0.321 e. The van der Waals surface area contributed by atoms with Gasteiger partial charge in [0.15, 0.2) is 0 Å². The average molecular weight is 472 g/mol. The molecule has 2 aromatic carbocycles. The molecule has 32 heavy (non-hydrogen) atoms. The van der Waals surface area contributed by atoms with Gasteiger partial charge in [0.25, 0.3) is 5.56 Å². The number of nitrogens with zero attached hydrogens (tertiary/aromatic N) is 4. The van der Waals surface area contributed by atoms with Gasteiger partial charge in [-0.25, -0.2) is 4.79 Å². The van der Waals surface area contributed by atoms with Crippen molar-refractivity contribution in [2.24, 2.45) is 0 Å². The van der Waals surface area contributed by atoms with Crippen molar-refractivity contribution in [1.29, 1.82) is 0 Å². The van der Waals surface area contributed by atoms with Crippen molar-refractivity contribution in [2.45, 2.75) is 13.3 Å². The van der Waals surface area contributed by atoms with E-state index in [4.69, 9.17) is 23.2 Å². The summed E-state index contributed by atoms with van der Waals surface area (Å²) in [5.41, 5.74) is 2.06. The third kappa shape index (κ3) is 5.06. The van der Waals surface area contributed by atoms with E-state index in [0.29, 0.717) is 46.9 Å². The van der Waals surface area contributed by atoms with Crippen LogP contribution in [0.15, 0.2) is 59.4 Å². The Labute approximate surface area is 196 Å². The maximum absolute atomic E-state index is 12.8. The van der Waals surface area contributed by atoms with Crippen LogP contribution in [0.25, 0.3) is 5.69 Å². The molecule has 0 unspecified atom stereocenters. The Bertz CT molecular complexity index is 1180. The number of nitrogens with one attached hydrogen (secondary N) is 1. The molecule has 0 spiro atoms. The fraction of sp³-hybridized carbons (Fsp3) is 0.261. The first-order valence-corrected chi connectivity index (χ1v) is 11.1. The number of amides is 2. The number of hydrogen-bond donors (Lipinski definition) is 1. The number of aromatic nitrogens is 2. The Morgan fingerprint density at radius 1 is 0.969 bits per heavy atom. The molecule has 2 amide bonds. The van der Waals surface area contributed by atoms with Crippen molar-refractivity contribution in [3.05, 3.63) is 80.6 Å². The SMILES string of the molecule is Cc1ccc(NC(=O)N2CCCN(c3ccc(=O)n(-c4ccc(Cl)cc4)n3)CC2)c(Cl)c1. The summed E-state index contributed by atoms with van der Waals surface area (Å²) >= 11 is 12.2. The molecule has 7 nitrogen and oxygen atoms in total. The van der Waals surface area contributed by atoms with E-state index in [1.165, 1.54) is 10.7 Å². The topological polar surface area (TPSA) is 70.5 Å². The van der Waals surface area contributed by atoms with Crippen LogP contribution in [0.1, 0.15) is 12.0 Å². The van der Waals surface area contributed by atoms with Gasteiger partial charge in [-0.1, -0.05) is 29.3 Å². The molecule has 0 bridgehead atoms. The van der Waals surface area contributed by atoms with Gasteiger partial charge in [0.1, 0.15) is 5.82 Å². The van der Waals surface area contributed by atoms with Crippen LogP contribution in [0.4, 0.5) is 16.3 Å². The lowest BCUT2D eigenvalue weighted by Crippen LogP contribution is -2.38. The molecular weight excluding hydrogens is 449 g/mol. The van der Waals surface area contributed by atoms with Crippen LogP contribution < -0.4 is 15.8 Å². The van der Waals surface area contributed by atoms with E-state index in [1.807, 2.05) is 25.1 Å². The molecule has 0 saturated carbocycles. The van der Waals surface area contributed by atoms with Gasteiger partial charge in [-0.3, -0.25) is 4.79 Å². The van der Waals surface area contributed by atoms with Gasteiger partial charge in [0.05, 0.1) is 16.4 Å². The summed E-state index contributed by atoms with van der Waals surface area (Å²) in [5, 5.41) is 8.55. The summed E-state index contributed by atoms with van der Waals surface area (Å²) in [6.45, 7) is 4.41. The van der Waals surface area contributed by atoms with Crippen molar-refractivity contribution < 1.29 is 4.79 Å². The molecule has 166 valence electrons. The first-order valence-electron chi connectivity index (χ1n) is 10.3. The van der Waals surface area contributed by atoms with Crippen LogP contribution in [0.2, 0.25) is 10.0 Å². The van der Waals surface area contributed by atoms with Gasteiger partial charge in [-0.15, -0.1) is 5.10 Å². The molecule has 1 aliphatic rings. The summed E-state index contributed by atoms with van der Waals surface area (Å²) in [5.74, 6) is 0.684. The third-order valence-corrected chi connectivity index (χ3v) is 5.90. The maximum atomic E-state index is 12.8. The van der Waals surface area contributed by atoms with Crippen LogP contribution in [0, 0.1) is 6.92 Å². The Morgan fingerprint density at radius 3 is 2.50 bits per heavy atom. The smallest absolute Gasteiger partial charge is 0.321 e. The highest BCUT2D eigenvalue weighted by Gasteiger charge is 2.21. The normalized spacial score (nSPS) is 14.2. The van der Waals surface area contributed by atoms with Crippen LogP contribution in [-0.4, -0.2) is 46.9 Å². The number of benzene rings is 2. The molecule has 1 N–H and O–H groups in total. The molecule has 0 atom stereocenters. The predicted molar refractivity (Wildman–Crippen MR) is 128 cm³/mol. The summed E-state index contributed by atoms with van der Waals surface area (Å²) in [6, 6.07) is 15.5. The lowest BCUT2D eigenvalue weighted by molar-refractivity contribution is 0.215. The number of aryl methyl sites for hydroxylation is 1. The molecule has 2 heterocycles. The predicted octanol–water partition coefficient (Wildman–Crippen LogP) is 4.59. The van der Waals surface area contributed by atoms with E-state index in [9.17, 15) is 9.59 Å². The zero-order valence-corrected chi connectivity index (χ0v) is 19.1. The number of carbonyl (C=O) groups excluding carboxylic acids is 1. The van der Waals surface area contributed by atoms with E-state index >= 15 is 0 Å². The molecule has 4 rings (SSSR count). The molecule has 1 saturated heterocycles. The largest absolute Gasteiger partial charge is 0.353 e. The van der Waals surface area contributed by atoms with Gasteiger partial charge < -0.3 is 15.1 Å². The highest BCUT2D eigenvalue weighted by atomic mass is 35.5. The fourth-order valence-electron chi connectivity index (χ4n) is 3.60. The van der Waals surface area contributed by atoms with E-state index in [1.54, 1.807) is 35.2 Å². The number of rotatable bonds is 3. The van der Waals surface area contributed by atoms with Crippen LogP contribution in [-0.2, 0) is 0 Å². The van der Waals surface area contributed by atoms with Gasteiger partial charge in [-0.05, 0) is 61.4 Å². The van der Waals surface area contributed by atoms with E-state index < -0.39 is 0 Å². The van der Waals surface area contributed by atoms with Crippen LogP contribution in [0.3, 0.4) is 0 Å². The minimum absolute atomic E-state index is 0.184. The van der Waals surface area contributed by atoms with E-state index in [0.717, 1.165) is 18.5 Å². The van der Waals surface area contributed by atoms with Crippen molar-refractivity contribution in [2.75, 3.05) is 36.4 Å². The minimum atomic E-state index is -0.220. The van der Waals surface area contributed by atoms with Crippen molar-refractivity contribution >= 4 is 40.7 Å². The first kappa shape index (κ1) is 22.2. The fourth-order valence-corrected chi connectivity index (χ4v) is 4.01. The molecule has 0 radical (unpaired) electrons. The summed E-state index contributed by atoms with van der Waals surface area (Å²) in [7, 11) is 0. The second-order valence-electron chi connectivity index (χ2n) is 7.66. The Hall–Kier alpha value is -3.03. The second-order valence-corrected chi connectivity index (χ2v) is 8.50. The number of halogens is 2. The summed E-state index contributed by atoms with van der Waals surface area (Å²) < 4.78 is 1.36. The van der Waals surface area contributed by atoms with Gasteiger partial charge in [0.2, 0.25) is 0 Å². The van der Waals surface area contributed by atoms with Gasteiger partial charge in [0, 0.05) is 37.3 Å². The zero-order valence-electron chi connectivity index (χ0n) is 17.6. The third-order valence-electron chi connectivity index (χ3n) is 5.33.